The molecular formula is C13H7BrClN5S. The highest BCUT2D eigenvalue weighted by atomic mass is 79.9. The van der Waals surface area contributed by atoms with E-state index in [0.717, 1.165) is 38.3 Å². The van der Waals surface area contributed by atoms with Crippen LogP contribution in [0.2, 0.25) is 5.02 Å². The van der Waals surface area contributed by atoms with Crippen LogP contribution in [0.1, 0.15) is 0 Å². The quantitative estimate of drug-likeness (QED) is 0.541. The van der Waals surface area contributed by atoms with Crippen LogP contribution in [0.15, 0.2) is 34.8 Å². The second kappa shape index (κ2) is 4.66. The number of halogens is 2. The van der Waals surface area contributed by atoms with Gasteiger partial charge in [-0.3, -0.25) is 4.57 Å². The first-order chi connectivity index (χ1) is 10.1. The molecular weight excluding hydrogens is 374 g/mol. The van der Waals surface area contributed by atoms with Crippen molar-refractivity contribution in [2.45, 2.75) is 0 Å². The van der Waals surface area contributed by atoms with Gasteiger partial charge < -0.3 is 5.73 Å². The summed E-state index contributed by atoms with van der Waals surface area (Å²) in [6.07, 6.45) is 0. The predicted octanol–water partition coefficient (Wildman–Crippen LogP) is 4.03. The summed E-state index contributed by atoms with van der Waals surface area (Å²) in [5, 5.41) is 0.557. The summed E-state index contributed by atoms with van der Waals surface area (Å²) in [6, 6.07) is 9.42. The van der Waals surface area contributed by atoms with E-state index in [0.29, 0.717) is 16.7 Å². The number of anilines is 1. The van der Waals surface area contributed by atoms with Gasteiger partial charge in [0.25, 0.3) is 0 Å². The summed E-state index contributed by atoms with van der Waals surface area (Å²) in [5.74, 6) is 0.366. The van der Waals surface area contributed by atoms with Gasteiger partial charge in [0.2, 0.25) is 5.95 Å². The lowest BCUT2D eigenvalue weighted by atomic mass is 10.2. The van der Waals surface area contributed by atoms with Crippen LogP contribution in [0.25, 0.3) is 27.8 Å². The van der Waals surface area contributed by atoms with E-state index in [4.69, 9.17) is 17.3 Å². The first kappa shape index (κ1) is 13.0. The zero-order valence-electron chi connectivity index (χ0n) is 10.4. The number of nitrogens with zero attached hydrogens (tertiary/aromatic N) is 4. The fraction of sp³-hybridized carbons (Fsp3) is 0. The third-order valence-electron chi connectivity index (χ3n) is 3.22. The van der Waals surface area contributed by atoms with Crippen molar-refractivity contribution >= 4 is 67.3 Å². The third-order valence-corrected chi connectivity index (χ3v) is 4.56. The SMILES string of the molecule is Nc1nc2ccc(Br)cc2n1-c1c(Cl)ccc2nsnc12. The molecule has 0 unspecified atom stereocenters. The molecule has 2 N–H and O–H groups in total. The Kier molecular flexibility index (Phi) is 2.88. The van der Waals surface area contributed by atoms with Gasteiger partial charge in [0.15, 0.2) is 0 Å². The summed E-state index contributed by atoms with van der Waals surface area (Å²) >= 11 is 11.0. The first-order valence-corrected chi connectivity index (χ1v) is 7.90. The van der Waals surface area contributed by atoms with Crippen molar-refractivity contribution in [3.05, 3.63) is 39.8 Å². The molecule has 4 rings (SSSR count). The highest BCUT2D eigenvalue weighted by Crippen LogP contribution is 2.34. The number of hydrogen-bond acceptors (Lipinski definition) is 5. The van der Waals surface area contributed by atoms with Crippen LogP contribution in [-0.4, -0.2) is 18.3 Å². The molecule has 5 nitrogen and oxygen atoms in total. The summed E-state index contributed by atoms with van der Waals surface area (Å²) in [4.78, 5) is 4.38. The van der Waals surface area contributed by atoms with E-state index in [-0.39, 0.29) is 0 Å². The Morgan fingerprint density at radius 2 is 1.95 bits per heavy atom. The maximum Gasteiger partial charge on any atom is 0.206 e. The van der Waals surface area contributed by atoms with Gasteiger partial charge in [-0.15, -0.1) is 0 Å². The van der Waals surface area contributed by atoms with E-state index in [1.165, 1.54) is 0 Å². The normalized spacial score (nSPS) is 11.5. The molecule has 2 aromatic carbocycles. The van der Waals surface area contributed by atoms with Crippen molar-refractivity contribution in [2.75, 3.05) is 5.73 Å². The minimum Gasteiger partial charge on any atom is -0.369 e. The van der Waals surface area contributed by atoms with Gasteiger partial charge in [-0.05, 0) is 30.3 Å². The van der Waals surface area contributed by atoms with Gasteiger partial charge in [0.05, 0.1) is 33.5 Å². The van der Waals surface area contributed by atoms with Crippen molar-refractivity contribution in [1.82, 2.24) is 18.3 Å². The van der Waals surface area contributed by atoms with Crippen molar-refractivity contribution in [1.29, 1.82) is 0 Å². The summed E-state index contributed by atoms with van der Waals surface area (Å²) in [7, 11) is 0. The number of rotatable bonds is 1. The second-order valence-corrected chi connectivity index (χ2v) is 6.32. The topological polar surface area (TPSA) is 69.6 Å². The fourth-order valence-corrected chi connectivity index (χ4v) is 3.45. The number of imidazole rings is 1. The number of aromatic nitrogens is 4. The lowest BCUT2D eigenvalue weighted by Gasteiger charge is -2.09. The average Bonchev–Trinajstić information content (AvgIpc) is 3.03. The molecule has 0 bridgehead atoms. The number of hydrogen-bond donors (Lipinski definition) is 1. The van der Waals surface area contributed by atoms with E-state index in [1.807, 2.05) is 28.8 Å². The molecule has 104 valence electrons. The van der Waals surface area contributed by atoms with E-state index in [1.54, 1.807) is 6.07 Å². The molecule has 21 heavy (non-hydrogen) atoms. The van der Waals surface area contributed by atoms with Gasteiger partial charge in [-0.1, -0.05) is 27.5 Å². The molecule has 2 heterocycles. The summed E-state index contributed by atoms with van der Waals surface area (Å²) in [6.45, 7) is 0. The molecule has 0 amide bonds. The Labute approximate surface area is 136 Å². The molecule has 2 aromatic heterocycles. The molecule has 0 radical (unpaired) electrons. The minimum absolute atomic E-state index is 0.366. The minimum atomic E-state index is 0.366. The molecule has 0 saturated carbocycles. The van der Waals surface area contributed by atoms with E-state index in [2.05, 4.69) is 29.7 Å². The van der Waals surface area contributed by atoms with Crippen LogP contribution in [0, 0.1) is 0 Å². The molecule has 0 spiro atoms. The molecule has 0 saturated heterocycles. The summed E-state index contributed by atoms with van der Waals surface area (Å²) in [5.41, 5.74) is 9.98. The fourth-order valence-electron chi connectivity index (χ4n) is 2.33. The zero-order chi connectivity index (χ0) is 14.6. The Hall–Kier alpha value is -1.70. The molecule has 0 aliphatic rings. The van der Waals surface area contributed by atoms with Crippen molar-refractivity contribution in [2.24, 2.45) is 0 Å². The molecule has 0 atom stereocenters. The van der Waals surface area contributed by atoms with Crippen molar-refractivity contribution in [3.63, 3.8) is 0 Å². The highest BCUT2D eigenvalue weighted by molar-refractivity contribution is 9.10. The Morgan fingerprint density at radius 1 is 1.14 bits per heavy atom. The standard InChI is InChI=1S/C13H7BrClN5S/c14-6-1-3-8-10(5-6)20(13(16)17-8)12-7(15)2-4-9-11(12)19-21-18-9/h1-5H,(H2,16,17). The van der Waals surface area contributed by atoms with Crippen LogP contribution in [-0.2, 0) is 0 Å². The lowest BCUT2D eigenvalue weighted by Crippen LogP contribution is -2.02. The number of nitrogens with two attached hydrogens (primary N) is 1. The average molecular weight is 381 g/mol. The molecule has 0 fully saturated rings. The Morgan fingerprint density at radius 3 is 2.81 bits per heavy atom. The zero-order valence-corrected chi connectivity index (χ0v) is 13.6. The van der Waals surface area contributed by atoms with Gasteiger partial charge in [-0.2, -0.15) is 8.75 Å². The van der Waals surface area contributed by atoms with Crippen LogP contribution < -0.4 is 5.73 Å². The van der Waals surface area contributed by atoms with Crippen molar-refractivity contribution in [3.8, 4) is 5.69 Å². The third kappa shape index (κ3) is 1.92. The Balaban J connectivity index is 2.18. The molecule has 0 aliphatic carbocycles. The lowest BCUT2D eigenvalue weighted by molar-refractivity contribution is 1.12. The van der Waals surface area contributed by atoms with Crippen LogP contribution in [0.5, 0.6) is 0 Å². The van der Waals surface area contributed by atoms with Crippen molar-refractivity contribution < 1.29 is 0 Å². The Bertz CT molecular complexity index is 993. The first-order valence-electron chi connectivity index (χ1n) is 6.00. The van der Waals surface area contributed by atoms with Crippen LogP contribution in [0.3, 0.4) is 0 Å². The molecule has 0 aliphatic heterocycles. The number of nitrogen functional groups attached to an aromatic ring is 1. The maximum absolute atomic E-state index is 6.38. The van der Waals surface area contributed by atoms with Crippen LogP contribution >= 0.6 is 39.3 Å². The van der Waals surface area contributed by atoms with E-state index in [9.17, 15) is 0 Å². The van der Waals surface area contributed by atoms with E-state index < -0.39 is 0 Å². The van der Waals surface area contributed by atoms with E-state index >= 15 is 0 Å². The largest absolute Gasteiger partial charge is 0.369 e. The number of fused-ring (bicyclic) bond motifs is 2. The van der Waals surface area contributed by atoms with Crippen LogP contribution in [0.4, 0.5) is 5.95 Å². The molecule has 4 aromatic rings. The second-order valence-electron chi connectivity index (χ2n) is 4.47. The molecule has 8 heteroatoms. The number of benzene rings is 2. The summed E-state index contributed by atoms with van der Waals surface area (Å²) < 4.78 is 11.3. The maximum atomic E-state index is 6.38. The van der Waals surface area contributed by atoms with Gasteiger partial charge in [-0.25, -0.2) is 4.98 Å². The highest BCUT2D eigenvalue weighted by Gasteiger charge is 2.17. The van der Waals surface area contributed by atoms with Gasteiger partial charge >= 0.3 is 0 Å². The smallest absolute Gasteiger partial charge is 0.206 e. The van der Waals surface area contributed by atoms with Gasteiger partial charge in [0.1, 0.15) is 11.0 Å². The predicted molar refractivity (Wildman–Crippen MR) is 89.2 cm³/mol. The van der Waals surface area contributed by atoms with Gasteiger partial charge in [0, 0.05) is 4.47 Å². The monoisotopic (exact) mass is 379 g/mol.